The molecule has 0 atom stereocenters. The van der Waals surface area contributed by atoms with Gasteiger partial charge in [0, 0.05) is 42.9 Å². The maximum absolute atomic E-state index is 13.5. The van der Waals surface area contributed by atoms with Crippen LogP contribution in [0.5, 0.6) is 17.4 Å². The van der Waals surface area contributed by atoms with Crippen LogP contribution in [0.15, 0.2) is 23.2 Å². The summed E-state index contributed by atoms with van der Waals surface area (Å²) in [7, 11) is 3.12. The van der Waals surface area contributed by atoms with Gasteiger partial charge in [-0.15, -0.1) is 22.6 Å². The van der Waals surface area contributed by atoms with Gasteiger partial charge in [0.25, 0.3) is 0 Å². The van der Waals surface area contributed by atoms with Crippen LogP contribution in [0.25, 0.3) is 5.65 Å². The smallest absolute Gasteiger partial charge is 0.416 e. The maximum atomic E-state index is 13.5. The van der Waals surface area contributed by atoms with E-state index in [2.05, 4.69) is 15.2 Å². The lowest BCUT2D eigenvalue weighted by Crippen LogP contribution is -2.33. The van der Waals surface area contributed by atoms with E-state index in [-0.39, 0.29) is 49.2 Å². The average Bonchev–Trinajstić information content (AvgIpc) is 3.24. The third-order valence-corrected chi connectivity index (χ3v) is 6.17. The van der Waals surface area contributed by atoms with Crippen LogP contribution in [-0.4, -0.2) is 81.7 Å². The number of carbonyl (C=O) groups excluding carboxylic acids is 2. The summed E-state index contributed by atoms with van der Waals surface area (Å²) in [6.07, 6.45) is -0.502. The number of rotatable bonds is 10. The quantitative estimate of drug-likeness (QED) is 0.363. The zero-order valence-corrected chi connectivity index (χ0v) is 25.2. The number of nitrogens with zero attached hydrogens (tertiary/aromatic N) is 6. The minimum absolute atomic E-state index is 0. The molecule has 0 spiro atoms. The lowest BCUT2D eigenvalue weighted by molar-refractivity contribution is 0.0965. The number of hydrogen-bond donors (Lipinski definition) is 1. The zero-order valence-electron chi connectivity index (χ0n) is 24.3. The minimum Gasteiger partial charge on any atom is -0.493 e. The summed E-state index contributed by atoms with van der Waals surface area (Å²) < 4.78 is 19.7. The Hall–Kier alpha value is -3.64. The van der Waals surface area contributed by atoms with Crippen molar-refractivity contribution in [1.29, 1.82) is 0 Å². The van der Waals surface area contributed by atoms with Crippen molar-refractivity contribution >= 4 is 29.9 Å². The van der Waals surface area contributed by atoms with E-state index >= 15 is 0 Å². The van der Waals surface area contributed by atoms with Crippen LogP contribution >= 0.6 is 12.4 Å². The molecule has 0 unspecified atom stereocenters. The Labute approximate surface area is 240 Å². The maximum Gasteiger partial charge on any atom is 0.416 e. The summed E-state index contributed by atoms with van der Waals surface area (Å²) in [5, 5.41) is 18.3. The van der Waals surface area contributed by atoms with Gasteiger partial charge in [0.15, 0.2) is 22.9 Å². The van der Waals surface area contributed by atoms with E-state index in [0.717, 1.165) is 5.56 Å². The van der Waals surface area contributed by atoms with Gasteiger partial charge in [0.2, 0.25) is 11.5 Å². The fourth-order valence-corrected chi connectivity index (χ4v) is 4.14. The van der Waals surface area contributed by atoms with Gasteiger partial charge in [-0.05, 0) is 38.3 Å². The van der Waals surface area contributed by atoms with Crippen LogP contribution in [0.2, 0.25) is 0 Å². The largest absolute Gasteiger partial charge is 0.493 e. The number of ether oxygens (including phenoxy) is 3. The highest BCUT2D eigenvalue weighted by atomic mass is 35.5. The van der Waals surface area contributed by atoms with Crippen molar-refractivity contribution in [2.24, 2.45) is 4.99 Å². The van der Waals surface area contributed by atoms with E-state index in [0.29, 0.717) is 47.0 Å². The lowest BCUT2D eigenvalue weighted by atomic mass is 9.84. The fraction of sp³-hybridized carbons (Fsp3) is 0.519. The Morgan fingerprint density at radius 2 is 1.80 bits per heavy atom. The van der Waals surface area contributed by atoms with E-state index in [4.69, 9.17) is 14.2 Å². The molecule has 12 nitrogen and oxygen atoms in total. The number of methoxy groups -OCH3 is 1. The van der Waals surface area contributed by atoms with Gasteiger partial charge in [-0.2, -0.15) is 4.52 Å². The van der Waals surface area contributed by atoms with Crippen molar-refractivity contribution in [2.75, 3.05) is 40.5 Å². The lowest BCUT2D eigenvalue weighted by Gasteiger charge is -2.25. The molecule has 0 aliphatic carbocycles. The van der Waals surface area contributed by atoms with Crippen molar-refractivity contribution < 1.29 is 28.9 Å². The average molecular weight is 579 g/mol. The summed E-state index contributed by atoms with van der Waals surface area (Å²) in [5.41, 5.74) is 2.33. The van der Waals surface area contributed by atoms with Gasteiger partial charge >= 0.3 is 6.09 Å². The predicted octanol–water partition coefficient (Wildman–Crippen LogP) is 3.19. The number of amides is 1. The molecule has 1 aromatic carbocycles. The van der Waals surface area contributed by atoms with E-state index in [1.54, 1.807) is 32.4 Å². The minimum atomic E-state index is -0.502. The molecule has 0 saturated heterocycles. The number of aliphatic hydroxyl groups excluding tert-OH is 1. The third-order valence-electron chi connectivity index (χ3n) is 6.17. The highest BCUT2D eigenvalue weighted by Crippen LogP contribution is 2.40. The molecule has 220 valence electrons. The summed E-state index contributed by atoms with van der Waals surface area (Å²) in [4.78, 5) is 31.8. The zero-order chi connectivity index (χ0) is 28.9. The number of fused-ring (bicyclic) bond motifs is 1. The van der Waals surface area contributed by atoms with Crippen molar-refractivity contribution in [3.8, 4) is 17.4 Å². The normalized spacial score (nSPS) is 11.8. The molecule has 1 N–H and O–H groups in total. The van der Waals surface area contributed by atoms with Crippen molar-refractivity contribution in [1.82, 2.24) is 24.3 Å². The summed E-state index contributed by atoms with van der Waals surface area (Å²) in [6.45, 7) is 12.4. The number of benzene rings is 1. The molecule has 40 heavy (non-hydrogen) atoms. The molecule has 13 heteroatoms. The van der Waals surface area contributed by atoms with Crippen molar-refractivity contribution in [3.05, 3.63) is 40.5 Å². The number of halogens is 1. The second-order valence-corrected chi connectivity index (χ2v) is 9.92. The summed E-state index contributed by atoms with van der Waals surface area (Å²) in [6, 6.07) is 5.03. The van der Waals surface area contributed by atoms with Crippen LogP contribution < -0.4 is 19.8 Å². The molecule has 0 fully saturated rings. The fourth-order valence-electron chi connectivity index (χ4n) is 4.14. The van der Waals surface area contributed by atoms with Gasteiger partial charge in [-0.25, -0.2) is 9.48 Å². The Bertz CT molecular complexity index is 1420. The first-order valence-corrected chi connectivity index (χ1v) is 12.8. The molecule has 0 saturated carbocycles. The van der Waals surface area contributed by atoms with Crippen LogP contribution in [0, 0.1) is 6.92 Å². The standard InChI is InChI=1S/C27H38N6O6.ClH/c1-9-31(10-2)26(36)39-22-13-17(3)24-30-32(25(28-7)33(24)29-22)16-20(35)18-14-19(27(4,5)6)23(37-8)21(15-18)38-12-11-34;/h13-15,34H,9-12,16H2,1-8H3;1H/b28-25+;. The van der Waals surface area contributed by atoms with Gasteiger partial charge in [0.05, 0.1) is 13.7 Å². The van der Waals surface area contributed by atoms with Gasteiger partial charge < -0.3 is 24.2 Å². The Kier molecular flexibility index (Phi) is 11.1. The Balaban J connectivity index is 0.00000560. The Morgan fingerprint density at radius 1 is 1.12 bits per heavy atom. The summed E-state index contributed by atoms with van der Waals surface area (Å²) in [5.74, 6) is 0.762. The molecule has 0 radical (unpaired) electrons. The van der Waals surface area contributed by atoms with Gasteiger partial charge in [0.1, 0.15) is 13.2 Å². The third kappa shape index (κ3) is 6.92. The molecule has 2 heterocycles. The molecule has 1 amide bonds. The molecule has 0 aliphatic rings. The second-order valence-electron chi connectivity index (χ2n) is 9.92. The molecular formula is C27H39ClN6O6. The highest BCUT2D eigenvalue weighted by molar-refractivity contribution is 5.97. The van der Waals surface area contributed by atoms with E-state index < -0.39 is 6.09 Å². The molecule has 3 rings (SSSR count). The number of aromatic nitrogens is 4. The number of aryl methyl sites for hydroxylation is 1. The molecule has 3 aromatic rings. The topological polar surface area (TPSA) is 133 Å². The predicted molar refractivity (Wildman–Crippen MR) is 152 cm³/mol. The van der Waals surface area contributed by atoms with Crippen LogP contribution in [0.3, 0.4) is 0 Å². The number of aliphatic hydroxyl groups is 1. The monoisotopic (exact) mass is 578 g/mol. The number of carbonyl (C=O) groups is 2. The second kappa shape index (κ2) is 13.6. The van der Waals surface area contributed by atoms with Crippen LogP contribution in [0.4, 0.5) is 4.79 Å². The van der Waals surface area contributed by atoms with E-state index in [1.807, 2.05) is 41.5 Å². The molecule has 0 aliphatic heterocycles. The van der Waals surface area contributed by atoms with E-state index in [9.17, 15) is 14.7 Å². The summed E-state index contributed by atoms with van der Waals surface area (Å²) >= 11 is 0. The first-order chi connectivity index (χ1) is 18.5. The first kappa shape index (κ1) is 32.6. The van der Waals surface area contributed by atoms with E-state index in [1.165, 1.54) is 14.1 Å². The molecule has 2 aromatic heterocycles. The van der Waals surface area contributed by atoms with Crippen LogP contribution in [-0.2, 0) is 12.0 Å². The van der Waals surface area contributed by atoms with Crippen molar-refractivity contribution in [2.45, 2.75) is 53.5 Å². The molecular weight excluding hydrogens is 540 g/mol. The van der Waals surface area contributed by atoms with Crippen LogP contribution in [0.1, 0.15) is 56.1 Å². The van der Waals surface area contributed by atoms with Gasteiger partial charge in [-0.3, -0.25) is 9.79 Å². The highest BCUT2D eigenvalue weighted by Gasteiger charge is 2.26. The SMILES string of the molecule is CCN(CC)C(=O)Oc1cc(C)c2nn(CC(=O)c3cc(OCCO)c(OC)c(C(C)(C)C)c3)/c(=N\C)n2n1.Cl. The van der Waals surface area contributed by atoms with Crippen molar-refractivity contribution in [3.63, 3.8) is 0 Å². The number of hydrogen-bond acceptors (Lipinski definition) is 9. The first-order valence-electron chi connectivity index (χ1n) is 12.8. The van der Waals surface area contributed by atoms with Gasteiger partial charge in [-0.1, -0.05) is 20.8 Å². The number of ketones is 1. The number of Topliss-reactive ketones (excluding diaryl/α,β-unsaturated/α-hetero) is 1. The molecule has 0 bridgehead atoms. The Morgan fingerprint density at radius 3 is 2.35 bits per heavy atom.